The lowest BCUT2D eigenvalue weighted by molar-refractivity contribution is -0.146. The molecular weight excluding hydrogens is 246 g/mol. The Kier molecular flexibility index (Phi) is 4.80. The highest BCUT2D eigenvalue weighted by Gasteiger charge is 2.33. The highest BCUT2D eigenvalue weighted by molar-refractivity contribution is 5.79. The fourth-order valence-electron chi connectivity index (χ4n) is 3.16. The summed E-state index contributed by atoms with van der Waals surface area (Å²) in [5.41, 5.74) is 0. The number of carboxylic acid groups (broad SMARTS) is 1. The van der Waals surface area contributed by atoms with Crippen molar-refractivity contribution in [2.45, 2.75) is 44.6 Å². The lowest BCUT2D eigenvalue weighted by Crippen LogP contribution is -2.44. The second-order valence-corrected chi connectivity index (χ2v) is 5.65. The van der Waals surface area contributed by atoms with Gasteiger partial charge in [0.2, 0.25) is 5.91 Å². The lowest BCUT2D eigenvalue weighted by atomic mass is 9.81. The Morgan fingerprint density at radius 2 is 1.53 bits per heavy atom. The molecule has 0 aromatic carbocycles. The molecule has 5 heteroatoms. The summed E-state index contributed by atoms with van der Waals surface area (Å²) in [7, 11) is 1.72. The molecule has 19 heavy (non-hydrogen) atoms. The van der Waals surface area contributed by atoms with Crippen LogP contribution in [-0.4, -0.2) is 48.2 Å². The van der Waals surface area contributed by atoms with Crippen molar-refractivity contribution in [1.29, 1.82) is 0 Å². The normalized spacial score (nSPS) is 29.2. The van der Waals surface area contributed by atoms with Crippen LogP contribution in [0.3, 0.4) is 0 Å². The summed E-state index contributed by atoms with van der Waals surface area (Å²) >= 11 is 0. The molecule has 0 unspecified atom stereocenters. The first-order valence-corrected chi connectivity index (χ1v) is 7.16. The van der Waals surface area contributed by atoms with Crippen molar-refractivity contribution in [3.05, 3.63) is 0 Å². The van der Waals surface area contributed by atoms with E-state index < -0.39 is 5.97 Å². The standard InChI is InChI=1S/C14H23NO4/c1-19-12-6-8-15(9-7-12)13(16)10-2-4-11(5-3-10)14(17)18/h10-12H,2-9H2,1H3,(H,17,18). The first kappa shape index (κ1) is 14.3. The van der Waals surface area contributed by atoms with Crippen molar-refractivity contribution in [1.82, 2.24) is 4.90 Å². The van der Waals surface area contributed by atoms with Crippen LogP contribution < -0.4 is 0 Å². The molecule has 108 valence electrons. The molecule has 1 heterocycles. The minimum absolute atomic E-state index is 0.0368. The van der Waals surface area contributed by atoms with Crippen molar-refractivity contribution < 1.29 is 19.4 Å². The molecule has 5 nitrogen and oxygen atoms in total. The van der Waals surface area contributed by atoms with Gasteiger partial charge in [-0.3, -0.25) is 9.59 Å². The number of hydrogen-bond donors (Lipinski definition) is 1. The molecule has 0 aromatic rings. The van der Waals surface area contributed by atoms with E-state index >= 15 is 0 Å². The maximum absolute atomic E-state index is 12.4. The number of ether oxygens (including phenoxy) is 1. The lowest BCUT2D eigenvalue weighted by Gasteiger charge is -2.35. The van der Waals surface area contributed by atoms with Crippen molar-refractivity contribution >= 4 is 11.9 Å². The highest BCUT2D eigenvalue weighted by atomic mass is 16.5. The van der Waals surface area contributed by atoms with Crippen molar-refractivity contribution in [3.8, 4) is 0 Å². The van der Waals surface area contributed by atoms with E-state index in [1.165, 1.54) is 0 Å². The number of hydrogen-bond acceptors (Lipinski definition) is 3. The van der Waals surface area contributed by atoms with E-state index in [1.807, 2.05) is 4.90 Å². The topological polar surface area (TPSA) is 66.8 Å². The first-order valence-electron chi connectivity index (χ1n) is 7.16. The minimum Gasteiger partial charge on any atom is -0.481 e. The summed E-state index contributed by atoms with van der Waals surface area (Å²) in [5, 5.41) is 8.96. The number of piperidine rings is 1. The number of likely N-dealkylation sites (tertiary alicyclic amines) is 1. The first-order chi connectivity index (χ1) is 9.11. The number of aliphatic carboxylic acids is 1. The van der Waals surface area contributed by atoms with Gasteiger partial charge in [-0.1, -0.05) is 0 Å². The van der Waals surface area contributed by atoms with Gasteiger partial charge in [0.15, 0.2) is 0 Å². The third-order valence-electron chi connectivity index (χ3n) is 4.51. The van der Waals surface area contributed by atoms with Gasteiger partial charge >= 0.3 is 5.97 Å². The van der Waals surface area contributed by atoms with Gasteiger partial charge in [0, 0.05) is 26.1 Å². The van der Waals surface area contributed by atoms with Crippen molar-refractivity contribution in [2.75, 3.05) is 20.2 Å². The average molecular weight is 269 g/mol. The largest absolute Gasteiger partial charge is 0.481 e. The Balaban J connectivity index is 1.80. The number of nitrogens with zero attached hydrogens (tertiary/aromatic N) is 1. The molecule has 1 amide bonds. The molecular formula is C14H23NO4. The molecule has 0 radical (unpaired) electrons. The smallest absolute Gasteiger partial charge is 0.306 e. The maximum Gasteiger partial charge on any atom is 0.306 e. The minimum atomic E-state index is -0.716. The molecule has 0 aromatic heterocycles. The fraction of sp³-hybridized carbons (Fsp3) is 0.857. The van der Waals surface area contributed by atoms with Gasteiger partial charge in [-0.15, -0.1) is 0 Å². The van der Waals surface area contributed by atoms with Crippen LogP contribution in [0.2, 0.25) is 0 Å². The number of carbonyl (C=O) groups is 2. The SMILES string of the molecule is COC1CCN(C(=O)C2CCC(C(=O)O)CC2)CC1. The van der Waals surface area contributed by atoms with E-state index in [0.717, 1.165) is 38.8 Å². The van der Waals surface area contributed by atoms with E-state index in [2.05, 4.69) is 0 Å². The molecule has 2 fully saturated rings. The molecule has 0 spiro atoms. The number of methoxy groups -OCH3 is 1. The second kappa shape index (κ2) is 6.37. The molecule has 1 aliphatic heterocycles. The summed E-state index contributed by atoms with van der Waals surface area (Å²) in [6.07, 6.45) is 4.83. The van der Waals surface area contributed by atoms with Crippen molar-refractivity contribution in [2.24, 2.45) is 11.8 Å². The quantitative estimate of drug-likeness (QED) is 0.843. The van der Waals surface area contributed by atoms with Crippen LogP contribution in [0.1, 0.15) is 38.5 Å². The molecule has 1 saturated carbocycles. The summed E-state index contributed by atoms with van der Waals surface area (Å²) in [5.74, 6) is -0.705. The van der Waals surface area contributed by atoms with Gasteiger partial charge in [0.05, 0.1) is 12.0 Å². The van der Waals surface area contributed by atoms with E-state index in [9.17, 15) is 9.59 Å². The van der Waals surface area contributed by atoms with Gasteiger partial charge < -0.3 is 14.7 Å². The number of amides is 1. The average Bonchev–Trinajstić information content (AvgIpc) is 2.46. The molecule has 2 aliphatic rings. The zero-order chi connectivity index (χ0) is 13.8. The summed E-state index contributed by atoms with van der Waals surface area (Å²) in [4.78, 5) is 25.2. The monoisotopic (exact) mass is 269 g/mol. The maximum atomic E-state index is 12.4. The number of carboxylic acids is 1. The molecule has 1 aliphatic carbocycles. The molecule has 2 rings (SSSR count). The van der Waals surface area contributed by atoms with E-state index in [1.54, 1.807) is 7.11 Å². The van der Waals surface area contributed by atoms with Gasteiger partial charge in [-0.2, -0.15) is 0 Å². The van der Waals surface area contributed by atoms with Crippen LogP contribution in [-0.2, 0) is 14.3 Å². The van der Waals surface area contributed by atoms with E-state index in [0.29, 0.717) is 12.8 Å². The molecule has 0 bridgehead atoms. The zero-order valence-corrected chi connectivity index (χ0v) is 11.5. The summed E-state index contributed by atoms with van der Waals surface area (Å²) in [6, 6.07) is 0. The van der Waals surface area contributed by atoms with Crippen LogP contribution in [0, 0.1) is 11.8 Å². The number of carbonyl (C=O) groups excluding carboxylic acids is 1. The molecule has 1 N–H and O–H groups in total. The third-order valence-corrected chi connectivity index (χ3v) is 4.51. The summed E-state index contributed by atoms with van der Waals surface area (Å²) in [6.45, 7) is 1.55. The van der Waals surface area contributed by atoms with Gasteiger partial charge in [-0.05, 0) is 38.5 Å². The predicted octanol–water partition coefficient (Wildman–Crippen LogP) is 1.51. The Labute approximate surface area is 113 Å². The van der Waals surface area contributed by atoms with Crippen LogP contribution >= 0.6 is 0 Å². The van der Waals surface area contributed by atoms with Crippen LogP contribution in [0.4, 0.5) is 0 Å². The van der Waals surface area contributed by atoms with E-state index in [4.69, 9.17) is 9.84 Å². The Bertz CT molecular complexity index is 328. The zero-order valence-electron chi connectivity index (χ0n) is 11.5. The molecule has 1 saturated heterocycles. The Morgan fingerprint density at radius 3 is 2.00 bits per heavy atom. The van der Waals surface area contributed by atoms with Gasteiger partial charge in [0.1, 0.15) is 0 Å². The molecule has 0 atom stereocenters. The van der Waals surface area contributed by atoms with Crippen LogP contribution in [0.25, 0.3) is 0 Å². The van der Waals surface area contributed by atoms with Gasteiger partial charge in [-0.25, -0.2) is 0 Å². The predicted molar refractivity (Wildman–Crippen MR) is 69.7 cm³/mol. The van der Waals surface area contributed by atoms with Crippen molar-refractivity contribution in [3.63, 3.8) is 0 Å². The van der Waals surface area contributed by atoms with E-state index in [-0.39, 0.29) is 23.8 Å². The highest BCUT2D eigenvalue weighted by Crippen LogP contribution is 2.31. The fourth-order valence-corrected chi connectivity index (χ4v) is 3.16. The second-order valence-electron chi connectivity index (χ2n) is 5.65. The van der Waals surface area contributed by atoms with Crippen LogP contribution in [0.5, 0.6) is 0 Å². The van der Waals surface area contributed by atoms with Gasteiger partial charge in [0.25, 0.3) is 0 Å². The summed E-state index contributed by atoms with van der Waals surface area (Å²) < 4.78 is 5.30. The Morgan fingerprint density at radius 1 is 1.00 bits per heavy atom. The Hall–Kier alpha value is -1.10. The third kappa shape index (κ3) is 3.47. The number of rotatable bonds is 3. The van der Waals surface area contributed by atoms with Crippen LogP contribution in [0.15, 0.2) is 0 Å².